The minimum absolute atomic E-state index is 0.106. The molecule has 136 valence electrons. The number of methoxy groups -OCH3 is 1. The van der Waals surface area contributed by atoms with Crippen molar-refractivity contribution in [3.8, 4) is 5.75 Å². The average Bonchev–Trinajstić information content (AvgIpc) is 2.68. The van der Waals surface area contributed by atoms with Gasteiger partial charge in [0.25, 0.3) is 5.69 Å². The molecule has 0 spiro atoms. The first kappa shape index (κ1) is 17.9. The summed E-state index contributed by atoms with van der Waals surface area (Å²) in [5.41, 5.74) is 2.75. The van der Waals surface area contributed by atoms with Crippen LogP contribution in [-0.4, -0.2) is 49.4 Å². The maximum Gasteiger partial charge on any atom is 0.269 e. The molecule has 0 bridgehead atoms. The summed E-state index contributed by atoms with van der Waals surface area (Å²) in [6.07, 6.45) is 0.843. The molecule has 3 rings (SSSR count). The number of non-ortho nitro benzene ring substituents is 1. The number of nitro groups is 1. The Bertz CT molecular complexity index is 784. The number of carbonyl (C=O) groups is 1. The third-order valence-electron chi connectivity index (χ3n) is 4.63. The fraction of sp³-hybridized carbons (Fsp3) is 0.316. The summed E-state index contributed by atoms with van der Waals surface area (Å²) in [5.74, 6) is 0.786. The standard InChI is InChI=1S/C19H21N3O4/c1-26-19-7-2-15(14-23)12-16(19)13-20-8-10-21(11-9-20)17-3-5-18(6-4-17)22(24)25/h2-7,12,14H,8-11,13H2,1H3. The SMILES string of the molecule is COc1ccc(C=O)cc1CN1CCN(c2ccc([N+](=O)[O-])cc2)CC1. The molecule has 1 fully saturated rings. The van der Waals surface area contributed by atoms with E-state index in [4.69, 9.17) is 4.74 Å². The van der Waals surface area contributed by atoms with Gasteiger partial charge < -0.3 is 9.64 Å². The molecule has 0 saturated carbocycles. The second kappa shape index (κ2) is 7.97. The number of carbonyl (C=O) groups excluding carboxylic acids is 1. The Kier molecular flexibility index (Phi) is 5.48. The summed E-state index contributed by atoms with van der Waals surface area (Å²) in [7, 11) is 1.63. The lowest BCUT2D eigenvalue weighted by Crippen LogP contribution is -2.46. The fourth-order valence-corrected chi connectivity index (χ4v) is 3.19. The third kappa shape index (κ3) is 4.00. The Balaban J connectivity index is 1.62. The van der Waals surface area contributed by atoms with Crippen LogP contribution in [0.25, 0.3) is 0 Å². The van der Waals surface area contributed by atoms with Crippen molar-refractivity contribution in [1.82, 2.24) is 4.90 Å². The van der Waals surface area contributed by atoms with Crippen LogP contribution in [-0.2, 0) is 6.54 Å². The van der Waals surface area contributed by atoms with Crippen LogP contribution in [0.4, 0.5) is 11.4 Å². The van der Waals surface area contributed by atoms with Crippen molar-refractivity contribution in [1.29, 1.82) is 0 Å². The number of ether oxygens (including phenoxy) is 1. The molecule has 0 amide bonds. The van der Waals surface area contributed by atoms with Crippen molar-refractivity contribution in [2.75, 3.05) is 38.2 Å². The van der Waals surface area contributed by atoms with Gasteiger partial charge in [-0.1, -0.05) is 0 Å². The summed E-state index contributed by atoms with van der Waals surface area (Å²) in [4.78, 5) is 25.9. The number of nitrogens with zero attached hydrogens (tertiary/aromatic N) is 3. The van der Waals surface area contributed by atoms with Crippen LogP contribution in [0.3, 0.4) is 0 Å². The number of rotatable bonds is 6. The highest BCUT2D eigenvalue weighted by atomic mass is 16.6. The Labute approximate surface area is 151 Å². The van der Waals surface area contributed by atoms with Crippen molar-refractivity contribution in [3.05, 3.63) is 63.7 Å². The van der Waals surface area contributed by atoms with Crippen molar-refractivity contribution >= 4 is 17.7 Å². The predicted molar refractivity (Wildman–Crippen MR) is 99.0 cm³/mol. The van der Waals surface area contributed by atoms with Crippen molar-refractivity contribution in [2.45, 2.75) is 6.54 Å². The number of piperazine rings is 1. The normalized spacial score (nSPS) is 14.9. The van der Waals surface area contributed by atoms with E-state index in [-0.39, 0.29) is 10.6 Å². The molecule has 0 radical (unpaired) electrons. The van der Waals surface area contributed by atoms with E-state index in [0.717, 1.165) is 56.0 Å². The van der Waals surface area contributed by atoms with E-state index >= 15 is 0 Å². The maximum atomic E-state index is 11.0. The summed E-state index contributed by atoms with van der Waals surface area (Å²) in [5, 5.41) is 10.8. The van der Waals surface area contributed by atoms with E-state index in [1.165, 1.54) is 12.1 Å². The van der Waals surface area contributed by atoms with E-state index in [9.17, 15) is 14.9 Å². The lowest BCUT2D eigenvalue weighted by molar-refractivity contribution is -0.384. The largest absolute Gasteiger partial charge is 0.496 e. The van der Waals surface area contributed by atoms with E-state index in [1.54, 1.807) is 25.3 Å². The molecule has 1 heterocycles. The van der Waals surface area contributed by atoms with E-state index in [2.05, 4.69) is 9.80 Å². The van der Waals surface area contributed by atoms with Crippen LogP contribution >= 0.6 is 0 Å². The van der Waals surface area contributed by atoms with Gasteiger partial charge in [-0.15, -0.1) is 0 Å². The van der Waals surface area contributed by atoms with E-state index in [1.807, 2.05) is 12.1 Å². The van der Waals surface area contributed by atoms with Crippen molar-refractivity contribution in [3.63, 3.8) is 0 Å². The zero-order chi connectivity index (χ0) is 18.5. The van der Waals surface area contributed by atoms with E-state index in [0.29, 0.717) is 5.56 Å². The molecule has 0 N–H and O–H groups in total. The molecule has 2 aromatic carbocycles. The van der Waals surface area contributed by atoms with Gasteiger partial charge >= 0.3 is 0 Å². The number of nitro benzene ring substituents is 1. The molecular formula is C19H21N3O4. The molecule has 0 unspecified atom stereocenters. The van der Waals surface area contributed by atoms with E-state index < -0.39 is 0 Å². The molecule has 7 heteroatoms. The van der Waals surface area contributed by atoms with Gasteiger partial charge in [0.1, 0.15) is 12.0 Å². The summed E-state index contributed by atoms with van der Waals surface area (Å²) >= 11 is 0. The highest BCUT2D eigenvalue weighted by molar-refractivity contribution is 5.75. The van der Waals surface area contributed by atoms with Gasteiger partial charge in [0, 0.05) is 61.7 Å². The van der Waals surface area contributed by atoms with Gasteiger partial charge in [-0.25, -0.2) is 0 Å². The zero-order valence-corrected chi connectivity index (χ0v) is 14.6. The predicted octanol–water partition coefficient (Wildman–Crippen LogP) is 2.74. The fourth-order valence-electron chi connectivity index (χ4n) is 3.19. The third-order valence-corrected chi connectivity index (χ3v) is 4.63. The first-order valence-electron chi connectivity index (χ1n) is 8.44. The van der Waals surface area contributed by atoms with Crippen LogP contribution in [0.15, 0.2) is 42.5 Å². The Morgan fingerprint density at radius 1 is 1.12 bits per heavy atom. The first-order valence-corrected chi connectivity index (χ1v) is 8.44. The van der Waals surface area contributed by atoms with Gasteiger partial charge in [0.05, 0.1) is 12.0 Å². The molecule has 0 atom stereocenters. The second-order valence-corrected chi connectivity index (χ2v) is 6.23. The molecule has 1 aliphatic heterocycles. The number of hydrogen-bond acceptors (Lipinski definition) is 6. The highest BCUT2D eigenvalue weighted by Gasteiger charge is 2.19. The maximum absolute atomic E-state index is 11.0. The van der Waals surface area contributed by atoms with Crippen LogP contribution in [0.1, 0.15) is 15.9 Å². The summed E-state index contributed by atoms with van der Waals surface area (Å²) < 4.78 is 5.40. The lowest BCUT2D eigenvalue weighted by Gasteiger charge is -2.36. The monoisotopic (exact) mass is 355 g/mol. The Hall–Kier alpha value is -2.93. The van der Waals surface area contributed by atoms with Crippen molar-refractivity contribution in [2.24, 2.45) is 0 Å². The molecule has 0 aromatic heterocycles. The number of anilines is 1. The molecule has 1 aliphatic rings. The number of aldehydes is 1. The molecular weight excluding hydrogens is 334 g/mol. The highest BCUT2D eigenvalue weighted by Crippen LogP contribution is 2.24. The lowest BCUT2D eigenvalue weighted by atomic mass is 10.1. The van der Waals surface area contributed by atoms with Crippen LogP contribution in [0, 0.1) is 10.1 Å². The van der Waals surface area contributed by atoms with Gasteiger partial charge in [-0.3, -0.25) is 19.8 Å². The van der Waals surface area contributed by atoms with Crippen LogP contribution in [0.5, 0.6) is 5.75 Å². The smallest absolute Gasteiger partial charge is 0.269 e. The Morgan fingerprint density at radius 2 is 1.81 bits per heavy atom. The number of benzene rings is 2. The Morgan fingerprint density at radius 3 is 2.38 bits per heavy atom. The zero-order valence-electron chi connectivity index (χ0n) is 14.6. The average molecular weight is 355 g/mol. The van der Waals surface area contributed by atoms with Gasteiger partial charge in [0.15, 0.2) is 0 Å². The van der Waals surface area contributed by atoms with Crippen molar-refractivity contribution < 1.29 is 14.5 Å². The molecule has 0 aliphatic carbocycles. The summed E-state index contributed by atoms with van der Waals surface area (Å²) in [6, 6.07) is 12.1. The topological polar surface area (TPSA) is 75.9 Å². The second-order valence-electron chi connectivity index (χ2n) is 6.23. The van der Waals surface area contributed by atoms with Crippen LogP contribution < -0.4 is 9.64 Å². The van der Waals surface area contributed by atoms with Gasteiger partial charge in [0.2, 0.25) is 0 Å². The molecule has 7 nitrogen and oxygen atoms in total. The first-order chi connectivity index (χ1) is 12.6. The van der Waals surface area contributed by atoms with Gasteiger partial charge in [-0.05, 0) is 30.3 Å². The summed E-state index contributed by atoms with van der Waals surface area (Å²) in [6.45, 7) is 4.14. The molecule has 26 heavy (non-hydrogen) atoms. The molecule has 1 saturated heterocycles. The van der Waals surface area contributed by atoms with Gasteiger partial charge in [-0.2, -0.15) is 0 Å². The van der Waals surface area contributed by atoms with Crippen LogP contribution in [0.2, 0.25) is 0 Å². The quantitative estimate of drug-likeness (QED) is 0.450. The minimum atomic E-state index is -0.386. The number of hydrogen-bond donors (Lipinski definition) is 0. The minimum Gasteiger partial charge on any atom is -0.496 e. The molecule has 2 aromatic rings.